The number of hydrogen-bond acceptors (Lipinski definition) is 3. The maximum absolute atomic E-state index is 5.47. The summed E-state index contributed by atoms with van der Waals surface area (Å²) in [7, 11) is 0. The smallest absolute Gasteiger partial charge is 0.147 e. The van der Waals surface area contributed by atoms with Gasteiger partial charge in [-0.05, 0) is 13.0 Å². The van der Waals surface area contributed by atoms with Crippen molar-refractivity contribution in [3.05, 3.63) is 24.0 Å². The summed E-state index contributed by atoms with van der Waals surface area (Å²) in [6, 6.07) is 1.74. The average Bonchev–Trinajstić information content (AvgIpc) is 2.05. The second-order valence-corrected chi connectivity index (χ2v) is 2.61. The van der Waals surface area contributed by atoms with Gasteiger partial charge >= 0.3 is 0 Å². The summed E-state index contributed by atoms with van der Waals surface area (Å²) in [5, 5.41) is 0. The molecule has 1 aromatic rings. The van der Waals surface area contributed by atoms with Gasteiger partial charge in [0.25, 0.3) is 0 Å². The van der Waals surface area contributed by atoms with Crippen molar-refractivity contribution >= 4 is 17.2 Å². The Morgan fingerprint density at radius 2 is 2.50 bits per heavy atom. The second kappa shape index (κ2) is 4.01. The quantitative estimate of drug-likeness (QED) is 0.711. The summed E-state index contributed by atoms with van der Waals surface area (Å²) < 4.78 is 5.27. The Bertz CT molecular complexity index is 288. The van der Waals surface area contributed by atoms with Crippen LogP contribution in [0.25, 0.3) is 0 Å². The average molecular weight is 182 g/mol. The highest BCUT2D eigenvalue weighted by molar-refractivity contribution is 7.80. The Labute approximate surface area is 76.6 Å². The van der Waals surface area contributed by atoms with Crippen LogP contribution in [-0.4, -0.2) is 16.6 Å². The van der Waals surface area contributed by atoms with Crippen molar-refractivity contribution in [2.24, 2.45) is 5.73 Å². The lowest BCUT2D eigenvalue weighted by Gasteiger charge is -2.06. The van der Waals surface area contributed by atoms with Gasteiger partial charge in [-0.1, -0.05) is 12.2 Å². The highest BCUT2D eigenvalue weighted by atomic mass is 32.1. The molecule has 0 saturated heterocycles. The van der Waals surface area contributed by atoms with Gasteiger partial charge in [-0.3, -0.25) is 4.98 Å². The number of pyridine rings is 1. The fraction of sp³-hybridized carbons (Fsp3) is 0.250. The highest BCUT2D eigenvalue weighted by Gasteiger charge is 2.04. The number of nitrogens with two attached hydrogens (primary N) is 1. The van der Waals surface area contributed by atoms with E-state index in [1.165, 1.54) is 0 Å². The first kappa shape index (κ1) is 8.93. The van der Waals surface area contributed by atoms with E-state index in [1.807, 2.05) is 6.92 Å². The van der Waals surface area contributed by atoms with Crippen LogP contribution in [0.1, 0.15) is 12.5 Å². The first-order valence-electron chi connectivity index (χ1n) is 3.62. The lowest BCUT2D eigenvalue weighted by Crippen LogP contribution is -2.11. The van der Waals surface area contributed by atoms with Crippen molar-refractivity contribution in [2.45, 2.75) is 6.92 Å². The molecule has 4 heteroatoms. The summed E-state index contributed by atoms with van der Waals surface area (Å²) in [5.41, 5.74) is 6.21. The molecule has 0 saturated carbocycles. The van der Waals surface area contributed by atoms with Gasteiger partial charge in [0.15, 0.2) is 0 Å². The molecule has 2 N–H and O–H groups in total. The molecule has 1 aromatic heterocycles. The number of ether oxygens (including phenoxy) is 1. The molecule has 0 aromatic carbocycles. The molecule has 0 aliphatic heterocycles. The van der Waals surface area contributed by atoms with Crippen molar-refractivity contribution < 1.29 is 4.74 Å². The van der Waals surface area contributed by atoms with E-state index in [2.05, 4.69) is 4.98 Å². The minimum Gasteiger partial charge on any atom is -0.492 e. The Morgan fingerprint density at radius 3 is 3.08 bits per heavy atom. The molecular weight excluding hydrogens is 172 g/mol. The van der Waals surface area contributed by atoms with E-state index in [-0.39, 0.29) is 0 Å². The third-order valence-electron chi connectivity index (χ3n) is 1.35. The van der Waals surface area contributed by atoms with E-state index < -0.39 is 0 Å². The van der Waals surface area contributed by atoms with Gasteiger partial charge < -0.3 is 10.5 Å². The maximum Gasteiger partial charge on any atom is 0.147 e. The van der Waals surface area contributed by atoms with Crippen LogP contribution in [0.4, 0.5) is 0 Å². The molecule has 0 atom stereocenters. The van der Waals surface area contributed by atoms with Gasteiger partial charge in [-0.25, -0.2) is 0 Å². The van der Waals surface area contributed by atoms with Crippen molar-refractivity contribution in [3.8, 4) is 5.75 Å². The van der Waals surface area contributed by atoms with E-state index >= 15 is 0 Å². The normalized spacial score (nSPS) is 9.42. The Balaban J connectivity index is 3.00. The van der Waals surface area contributed by atoms with E-state index in [1.54, 1.807) is 18.5 Å². The van der Waals surface area contributed by atoms with Crippen molar-refractivity contribution in [3.63, 3.8) is 0 Å². The molecule has 0 bridgehead atoms. The molecular formula is C8H10N2OS. The summed E-state index contributed by atoms with van der Waals surface area (Å²) in [6.07, 6.45) is 3.25. The van der Waals surface area contributed by atoms with Crippen LogP contribution in [0.15, 0.2) is 18.5 Å². The molecule has 0 aliphatic rings. The fourth-order valence-electron chi connectivity index (χ4n) is 0.854. The molecule has 3 nitrogen and oxygen atoms in total. The first-order valence-corrected chi connectivity index (χ1v) is 4.03. The minimum absolute atomic E-state index is 0.334. The fourth-order valence-corrected chi connectivity index (χ4v) is 1.02. The Kier molecular flexibility index (Phi) is 2.99. The number of nitrogens with zero attached hydrogens (tertiary/aromatic N) is 1. The van der Waals surface area contributed by atoms with E-state index in [4.69, 9.17) is 22.7 Å². The van der Waals surface area contributed by atoms with Gasteiger partial charge in [0.05, 0.1) is 18.4 Å². The van der Waals surface area contributed by atoms with Crippen LogP contribution < -0.4 is 10.5 Å². The van der Waals surface area contributed by atoms with Crippen molar-refractivity contribution in [1.29, 1.82) is 0 Å². The van der Waals surface area contributed by atoms with Crippen LogP contribution in [0, 0.1) is 0 Å². The van der Waals surface area contributed by atoms with Crippen LogP contribution >= 0.6 is 12.2 Å². The zero-order valence-corrected chi connectivity index (χ0v) is 7.60. The molecule has 64 valence electrons. The second-order valence-electron chi connectivity index (χ2n) is 2.17. The summed E-state index contributed by atoms with van der Waals surface area (Å²) in [4.78, 5) is 4.24. The zero-order chi connectivity index (χ0) is 8.97. The third kappa shape index (κ3) is 1.92. The van der Waals surface area contributed by atoms with E-state index in [0.717, 1.165) is 5.56 Å². The molecule has 0 radical (unpaired) electrons. The molecule has 0 fully saturated rings. The number of hydrogen-bond donors (Lipinski definition) is 1. The molecule has 0 amide bonds. The molecule has 0 spiro atoms. The van der Waals surface area contributed by atoms with Crippen LogP contribution in [0.5, 0.6) is 5.75 Å². The van der Waals surface area contributed by atoms with Gasteiger partial charge in [0.2, 0.25) is 0 Å². The van der Waals surface area contributed by atoms with Crippen LogP contribution in [0.2, 0.25) is 0 Å². The van der Waals surface area contributed by atoms with Gasteiger partial charge in [0.1, 0.15) is 10.7 Å². The lowest BCUT2D eigenvalue weighted by molar-refractivity contribution is 0.338. The molecule has 1 heterocycles. The predicted octanol–water partition coefficient (Wildman–Crippen LogP) is 1.11. The first-order chi connectivity index (χ1) is 5.75. The summed E-state index contributed by atoms with van der Waals surface area (Å²) in [5.74, 6) is 0.646. The topological polar surface area (TPSA) is 48.1 Å². The van der Waals surface area contributed by atoms with Gasteiger partial charge in [0, 0.05) is 6.20 Å². The van der Waals surface area contributed by atoms with Crippen molar-refractivity contribution in [2.75, 3.05) is 6.61 Å². The van der Waals surface area contributed by atoms with Crippen molar-refractivity contribution in [1.82, 2.24) is 4.98 Å². The van der Waals surface area contributed by atoms with Crippen LogP contribution in [-0.2, 0) is 0 Å². The van der Waals surface area contributed by atoms with E-state index in [9.17, 15) is 0 Å². The molecule has 1 rings (SSSR count). The number of rotatable bonds is 3. The summed E-state index contributed by atoms with van der Waals surface area (Å²) >= 11 is 4.83. The maximum atomic E-state index is 5.47. The number of aromatic nitrogens is 1. The van der Waals surface area contributed by atoms with Crippen LogP contribution in [0.3, 0.4) is 0 Å². The Hall–Kier alpha value is -1.16. The monoisotopic (exact) mass is 182 g/mol. The molecule has 12 heavy (non-hydrogen) atoms. The SMILES string of the molecule is CCOc1cnccc1C(N)=S. The summed E-state index contributed by atoms with van der Waals surface area (Å²) in [6.45, 7) is 2.48. The van der Waals surface area contributed by atoms with E-state index in [0.29, 0.717) is 17.3 Å². The lowest BCUT2D eigenvalue weighted by atomic mass is 10.2. The number of thiocarbonyl (C=S) groups is 1. The van der Waals surface area contributed by atoms with Gasteiger partial charge in [-0.15, -0.1) is 0 Å². The largest absolute Gasteiger partial charge is 0.492 e. The predicted molar refractivity (Wildman–Crippen MR) is 51.3 cm³/mol. The zero-order valence-electron chi connectivity index (χ0n) is 6.78. The molecule has 0 aliphatic carbocycles. The standard InChI is InChI=1S/C8H10N2OS/c1-2-11-7-5-10-4-3-6(7)8(9)12/h3-5H,2H2,1H3,(H2,9,12). The molecule has 0 unspecified atom stereocenters. The third-order valence-corrected chi connectivity index (χ3v) is 1.57. The minimum atomic E-state index is 0.334. The highest BCUT2D eigenvalue weighted by Crippen LogP contribution is 2.15. The Morgan fingerprint density at radius 1 is 1.75 bits per heavy atom. The van der Waals surface area contributed by atoms with Gasteiger partial charge in [-0.2, -0.15) is 0 Å².